The van der Waals surface area contributed by atoms with Gasteiger partial charge in [-0.1, -0.05) is 48.9 Å². The van der Waals surface area contributed by atoms with Gasteiger partial charge in [-0.2, -0.15) is 0 Å². The van der Waals surface area contributed by atoms with Gasteiger partial charge in [0.1, 0.15) is 17.3 Å². The fourth-order valence-corrected chi connectivity index (χ4v) is 3.75. The van der Waals surface area contributed by atoms with Gasteiger partial charge < -0.3 is 19.6 Å². The lowest BCUT2D eigenvalue weighted by molar-refractivity contribution is -0.137. The molecule has 0 bridgehead atoms. The number of carboxylic acid groups (broad SMARTS) is 1. The molecular formula is C26H31NO4. The second-order valence-electron chi connectivity index (χ2n) is 7.86. The van der Waals surface area contributed by atoms with Crippen molar-refractivity contribution in [1.29, 1.82) is 0 Å². The van der Waals surface area contributed by atoms with Crippen molar-refractivity contribution in [2.45, 2.75) is 52.1 Å². The van der Waals surface area contributed by atoms with Gasteiger partial charge in [0.05, 0.1) is 7.11 Å². The molecule has 0 aliphatic carbocycles. The summed E-state index contributed by atoms with van der Waals surface area (Å²) in [5.41, 5.74) is 4.37. The van der Waals surface area contributed by atoms with E-state index in [1.165, 1.54) is 0 Å². The summed E-state index contributed by atoms with van der Waals surface area (Å²) >= 11 is 0. The largest absolute Gasteiger partial charge is 0.497 e. The van der Waals surface area contributed by atoms with Crippen molar-refractivity contribution >= 4 is 5.97 Å². The molecule has 3 rings (SSSR count). The van der Waals surface area contributed by atoms with Crippen LogP contribution in [0.1, 0.15) is 43.9 Å². The predicted octanol–water partition coefficient (Wildman–Crippen LogP) is 6.05. The molecule has 1 heterocycles. The Morgan fingerprint density at radius 3 is 2.42 bits per heavy atom. The molecule has 5 heteroatoms. The minimum absolute atomic E-state index is 0.232. The SMILES string of the molecule is COc1ccc(-c2c(-c3ccccc3)oc(C)c2CNC(C)CCCCC(=O)O)cc1. The fraction of sp³-hybridized carbons (Fsp3) is 0.346. The summed E-state index contributed by atoms with van der Waals surface area (Å²) in [5.74, 6) is 1.86. The Bertz CT molecular complexity index is 977. The zero-order valence-corrected chi connectivity index (χ0v) is 18.5. The zero-order chi connectivity index (χ0) is 22.2. The smallest absolute Gasteiger partial charge is 0.303 e. The third-order valence-electron chi connectivity index (χ3n) is 5.53. The summed E-state index contributed by atoms with van der Waals surface area (Å²) in [4.78, 5) is 10.7. The summed E-state index contributed by atoms with van der Waals surface area (Å²) in [5, 5.41) is 12.4. The number of unbranched alkanes of at least 4 members (excludes halogenated alkanes) is 1. The van der Waals surface area contributed by atoms with E-state index in [1.807, 2.05) is 37.3 Å². The first-order chi connectivity index (χ1) is 15.0. The van der Waals surface area contributed by atoms with Crippen LogP contribution in [0.15, 0.2) is 59.0 Å². The van der Waals surface area contributed by atoms with Crippen LogP contribution < -0.4 is 10.1 Å². The number of nitrogens with one attached hydrogen (secondary N) is 1. The number of rotatable bonds is 11. The van der Waals surface area contributed by atoms with Gasteiger partial charge >= 0.3 is 5.97 Å². The first-order valence-corrected chi connectivity index (χ1v) is 10.8. The summed E-state index contributed by atoms with van der Waals surface area (Å²) in [6.07, 6.45) is 2.77. The fourth-order valence-electron chi connectivity index (χ4n) is 3.75. The molecule has 0 aliphatic rings. The molecule has 3 aromatic rings. The van der Waals surface area contributed by atoms with Crippen LogP contribution in [-0.2, 0) is 11.3 Å². The molecule has 0 fully saturated rings. The number of methoxy groups -OCH3 is 1. The van der Waals surface area contributed by atoms with Crippen molar-refractivity contribution < 1.29 is 19.1 Å². The van der Waals surface area contributed by atoms with Crippen molar-refractivity contribution in [3.8, 4) is 28.2 Å². The molecule has 0 spiro atoms. The molecule has 0 saturated carbocycles. The Hall–Kier alpha value is -3.05. The van der Waals surface area contributed by atoms with Gasteiger partial charge in [-0.05, 0) is 44.4 Å². The Labute approximate surface area is 184 Å². The molecule has 5 nitrogen and oxygen atoms in total. The van der Waals surface area contributed by atoms with E-state index in [-0.39, 0.29) is 12.5 Å². The van der Waals surface area contributed by atoms with Crippen LogP contribution in [0.25, 0.3) is 22.5 Å². The maximum absolute atomic E-state index is 10.7. The van der Waals surface area contributed by atoms with Crippen molar-refractivity contribution in [3.63, 3.8) is 0 Å². The van der Waals surface area contributed by atoms with Crippen LogP contribution in [0, 0.1) is 6.92 Å². The standard InChI is InChI=1S/C26H31NO4/c1-18(9-7-8-12-24(28)29)27-17-23-19(2)31-26(21-10-5-4-6-11-21)25(23)20-13-15-22(30-3)16-14-20/h4-6,10-11,13-16,18,27H,7-9,12,17H2,1-3H3,(H,28,29). The number of carboxylic acids is 1. The van der Waals surface area contributed by atoms with Gasteiger partial charge in [-0.15, -0.1) is 0 Å². The van der Waals surface area contributed by atoms with Gasteiger partial charge in [-0.25, -0.2) is 0 Å². The van der Waals surface area contributed by atoms with Crippen molar-refractivity contribution in [1.82, 2.24) is 5.32 Å². The van der Waals surface area contributed by atoms with E-state index in [0.717, 1.165) is 52.4 Å². The normalized spacial score (nSPS) is 12.0. The predicted molar refractivity (Wildman–Crippen MR) is 123 cm³/mol. The third kappa shape index (κ3) is 5.98. The summed E-state index contributed by atoms with van der Waals surface area (Å²) in [6.45, 7) is 4.83. The van der Waals surface area contributed by atoms with E-state index in [2.05, 4.69) is 36.5 Å². The van der Waals surface area contributed by atoms with Crippen molar-refractivity contribution in [2.24, 2.45) is 0 Å². The highest BCUT2D eigenvalue weighted by molar-refractivity contribution is 5.83. The van der Waals surface area contributed by atoms with Crippen LogP contribution in [0.5, 0.6) is 5.75 Å². The molecule has 1 unspecified atom stereocenters. The summed E-state index contributed by atoms with van der Waals surface area (Å²) in [7, 11) is 1.67. The summed E-state index contributed by atoms with van der Waals surface area (Å²) < 4.78 is 11.6. The van der Waals surface area contributed by atoms with Gasteiger partial charge in [-0.3, -0.25) is 4.79 Å². The molecule has 2 aromatic carbocycles. The van der Waals surface area contributed by atoms with E-state index in [9.17, 15) is 4.79 Å². The van der Waals surface area contributed by atoms with Crippen LogP contribution in [0.2, 0.25) is 0 Å². The van der Waals surface area contributed by atoms with Gasteiger partial charge in [0, 0.05) is 35.7 Å². The first-order valence-electron chi connectivity index (χ1n) is 10.8. The maximum atomic E-state index is 10.7. The van der Waals surface area contributed by atoms with Crippen LogP contribution >= 0.6 is 0 Å². The number of aliphatic carboxylic acids is 1. The highest BCUT2D eigenvalue weighted by Crippen LogP contribution is 2.39. The Morgan fingerprint density at radius 2 is 1.77 bits per heavy atom. The maximum Gasteiger partial charge on any atom is 0.303 e. The Morgan fingerprint density at radius 1 is 1.06 bits per heavy atom. The molecule has 0 saturated heterocycles. The number of furan rings is 1. The number of ether oxygens (including phenoxy) is 1. The van der Waals surface area contributed by atoms with E-state index in [0.29, 0.717) is 13.0 Å². The van der Waals surface area contributed by atoms with Crippen molar-refractivity contribution in [3.05, 3.63) is 65.9 Å². The van der Waals surface area contributed by atoms with E-state index in [1.54, 1.807) is 7.11 Å². The number of carbonyl (C=O) groups is 1. The molecule has 0 radical (unpaired) electrons. The van der Waals surface area contributed by atoms with Gasteiger partial charge in [0.25, 0.3) is 0 Å². The number of hydrogen-bond acceptors (Lipinski definition) is 4. The average Bonchev–Trinajstić information content (AvgIpc) is 3.12. The van der Waals surface area contributed by atoms with E-state index in [4.69, 9.17) is 14.3 Å². The van der Waals surface area contributed by atoms with E-state index >= 15 is 0 Å². The highest BCUT2D eigenvalue weighted by Gasteiger charge is 2.21. The lowest BCUT2D eigenvalue weighted by Crippen LogP contribution is -2.25. The molecular weight excluding hydrogens is 390 g/mol. The molecule has 0 aliphatic heterocycles. The molecule has 1 aromatic heterocycles. The molecule has 1 atom stereocenters. The molecule has 0 amide bonds. The number of benzene rings is 2. The van der Waals surface area contributed by atoms with Crippen LogP contribution in [0.4, 0.5) is 0 Å². The highest BCUT2D eigenvalue weighted by atomic mass is 16.5. The topological polar surface area (TPSA) is 71.7 Å². The van der Waals surface area contributed by atoms with E-state index < -0.39 is 5.97 Å². The Balaban J connectivity index is 1.83. The number of aryl methyl sites for hydroxylation is 1. The van der Waals surface area contributed by atoms with Crippen molar-refractivity contribution in [2.75, 3.05) is 7.11 Å². The summed E-state index contributed by atoms with van der Waals surface area (Å²) in [6, 6.07) is 18.5. The second-order valence-corrected chi connectivity index (χ2v) is 7.86. The minimum Gasteiger partial charge on any atom is -0.497 e. The minimum atomic E-state index is -0.729. The third-order valence-corrected chi connectivity index (χ3v) is 5.53. The Kier molecular flexibility index (Phi) is 7.90. The quantitative estimate of drug-likeness (QED) is 0.369. The van der Waals surface area contributed by atoms with Crippen LogP contribution in [0.3, 0.4) is 0 Å². The van der Waals surface area contributed by atoms with Gasteiger partial charge in [0.15, 0.2) is 0 Å². The average molecular weight is 422 g/mol. The first kappa shape index (κ1) is 22.6. The van der Waals surface area contributed by atoms with Crippen LogP contribution in [-0.4, -0.2) is 24.2 Å². The van der Waals surface area contributed by atoms with Gasteiger partial charge in [0.2, 0.25) is 0 Å². The molecule has 31 heavy (non-hydrogen) atoms. The zero-order valence-electron chi connectivity index (χ0n) is 18.5. The lowest BCUT2D eigenvalue weighted by atomic mass is 9.96. The lowest BCUT2D eigenvalue weighted by Gasteiger charge is -2.15. The molecule has 164 valence electrons. The number of hydrogen-bond donors (Lipinski definition) is 2. The molecule has 2 N–H and O–H groups in total. The monoisotopic (exact) mass is 421 g/mol. The second kappa shape index (κ2) is 10.8.